The van der Waals surface area contributed by atoms with E-state index in [1.807, 2.05) is 6.92 Å². The highest BCUT2D eigenvalue weighted by molar-refractivity contribution is 4.89. The van der Waals surface area contributed by atoms with Gasteiger partial charge in [-0.25, -0.2) is 0 Å². The summed E-state index contributed by atoms with van der Waals surface area (Å²) in [6.07, 6.45) is 5.39. The van der Waals surface area contributed by atoms with Crippen LogP contribution in [0, 0.1) is 0 Å². The van der Waals surface area contributed by atoms with E-state index in [2.05, 4.69) is 9.80 Å². The van der Waals surface area contributed by atoms with Gasteiger partial charge in [-0.15, -0.1) is 0 Å². The maximum Gasteiger partial charge on any atom is 0.0621 e. The molecule has 2 fully saturated rings. The highest BCUT2D eigenvalue weighted by Gasteiger charge is 2.31. The predicted octanol–water partition coefficient (Wildman–Crippen LogP) is 0.256. The van der Waals surface area contributed by atoms with Gasteiger partial charge >= 0.3 is 0 Å². The van der Waals surface area contributed by atoms with Gasteiger partial charge in [0.25, 0.3) is 0 Å². The van der Waals surface area contributed by atoms with E-state index in [1.54, 1.807) is 0 Å². The summed E-state index contributed by atoms with van der Waals surface area (Å²) < 4.78 is 0. The average molecular weight is 241 g/mol. The number of piperidine rings is 1. The molecule has 2 heterocycles. The zero-order valence-electron chi connectivity index (χ0n) is 11.1. The number of aliphatic hydroxyl groups excluding tert-OH is 1. The highest BCUT2D eigenvalue weighted by atomic mass is 16.3. The fourth-order valence-corrected chi connectivity index (χ4v) is 3.10. The molecule has 0 radical (unpaired) electrons. The van der Waals surface area contributed by atoms with E-state index in [0.29, 0.717) is 0 Å². The van der Waals surface area contributed by atoms with Crippen molar-refractivity contribution in [3.8, 4) is 0 Å². The summed E-state index contributed by atoms with van der Waals surface area (Å²) in [5.41, 5.74) is 5.57. The number of hydrogen-bond donors (Lipinski definition) is 2. The van der Waals surface area contributed by atoms with E-state index in [1.165, 1.54) is 38.8 Å². The first-order valence-corrected chi connectivity index (χ1v) is 6.97. The quantitative estimate of drug-likeness (QED) is 0.741. The van der Waals surface area contributed by atoms with Gasteiger partial charge < -0.3 is 10.8 Å². The first-order chi connectivity index (χ1) is 8.11. The summed E-state index contributed by atoms with van der Waals surface area (Å²) in [5.74, 6) is 0. The molecule has 2 rings (SSSR count). The molecule has 100 valence electrons. The van der Waals surface area contributed by atoms with Crippen LogP contribution in [0.25, 0.3) is 0 Å². The molecule has 0 aromatic heterocycles. The molecule has 0 aromatic carbocycles. The lowest BCUT2D eigenvalue weighted by Gasteiger charge is -2.33. The van der Waals surface area contributed by atoms with E-state index >= 15 is 0 Å². The zero-order chi connectivity index (χ0) is 12.3. The average Bonchev–Trinajstić information content (AvgIpc) is 2.78. The second-order valence-electron chi connectivity index (χ2n) is 6.09. The van der Waals surface area contributed by atoms with Gasteiger partial charge in [0.1, 0.15) is 0 Å². The fraction of sp³-hybridized carbons (Fsp3) is 1.00. The molecule has 0 saturated carbocycles. The van der Waals surface area contributed by atoms with Gasteiger partial charge in [-0.1, -0.05) is 6.42 Å². The van der Waals surface area contributed by atoms with E-state index in [0.717, 1.165) is 25.7 Å². The number of hydrogen-bond acceptors (Lipinski definition) is 4. The Morgan fingerprint density at radius 2 is 1.94 bits per heavy atom. The molecule has 17 heavy (non-hydrogen) atoms. The lowest BCUT2D eigenvalue weighted by atomic mass is 10.1. The Hall–Kier alpha value is -0.160. The fourth-order valence-electron chi connectivity index (χ4n) is 3.10. The second-order valence-corrected chi connectivity index (χ2v) is 6.09. The topological polar surface area (TPSA) is 52.7 Å². The number of likely N-dealkylation sites (tertiary alicyclic amines) is 2. The van der Waals surface area contributed by atoms with Crippen molar-refractivity contribution in [1.29, 1.82) is 0 Å². The Kier molecular flexibility index (Phi) is 4.42. The largest absolute Gasteiger partial charge is 0.394 e. The summed E-state index contributed by atoms with van der Waals surface area (Å²) in [5, 5.41) is 9.21. The van der Waals surface area contributed by atoms with Crippen LogP contribution in [-0.4, -0.2) is 65.8 Å². The van der Waals surface area contributed by atoms with Crippen LogP contribution in [0.4, 0.5) is 0 Å². The van der Waals surface area contributed by atoms with Crippen LogP contribution in [0.5, 0.6) is 0 Å². The number of rotatable bonds is 4. The second kappa shape index (κ2) is 5.65. The molecule has 2 aliphatic rings. The summed E-state index contributed by atoms with van der Waals surface area (Å²) >= 11 is 0. The Bertz CT molecular complexity index is 239. The van der Waals surface area contributed by atoms with Crippen molar-refractivity contribution in [2.45, 2.75) is 44.2 Å². The predicted molar refractivity (Wildman–Crippen MR) is 69.9 cm³/mol. The maximum absolute atomic E-state index is 9.21. The van der Waals surface area contributed by atoms with Crippen LogP contribution in [0.1, 0.15) is 32.6 Å². The van der Waals surface area contributed by atoms with Crippen LogP contribution in [0.15, 0.2) is 0 Å². The van der Waals surface area contributed by atoms with Crippen LogP contribution in [-0.2, 0) is 0 Å². The third kappa shape index (κ3) is 3.65. The number of nitrogens with zero attached hydrogens (tertiary/aromatic N) is 2. The van der Waals surface area contributed by atoms with E-state index in [4.69, 9.17) is 5.73 Å². The molecular formula is C13H27N3O. The summed E-state index contributed by atoms with van der Waals surface area (Å²) in [6.45, 7) is 7.63. The molecule has 4 nitrogen and oxygen atoms in total. The Balaban J connectivity index is 1.78. The van der Waals surface area contributed by atoms with E-state index in [-0.39, 0.29) is 6.61 Å². The maximum atomic E-state index is 9.21. The van der Waals surface area contributed by atoms with Crippen molar-refractivity contribution < 1.29 is 5.11 Å². The zero-order valence-corrected chi connectivity index (χ0v) is 11.1. The molecule has 2 saturated heterocycles. The Labute approximate surface area is 105 Å². The van der Waals surface area contributed by atoms with Gasteiger partial charge in [0.15, 0.2) is 0 Å². The minimum absolute atomic E-state index is 0.0673. The summed E-state index contributed by atoms with van der Waals surface area (Å²) in [7, 11) is 0. The van der Waals surface area contributed by atoms with Crippen molar-refractivity contribution in [3.05, 3.63) is 0 Å². The smallest absolute Gasteiger partial charge is 0.0621 e. The molecule has 0 aliphatic carbocycles. The van der Waals surface area contributed by atoms with Crippen molar-refractivity contribution >= 4 is 0 Å². The molecule has 0 bridgehead atoms. The molecule has 2 unspecified atom stereocenters. The monoisotopic (exact) mass is 241 g/mol. The lowest BCUT2D eigenvalue weighted by Crippen LogP contribution is -2.50. The molecule has 0 spiro atoms. The highest BCUT2D eigenvalue weighted by Crippen LogP contribution is 2.21. The molecule has 4 heteroatoms. The van der Waals surface area contributed by atoms with Crippen LogP contribution < -0.4 is 5.73 Å². The minimum atomic E-state index is -0.448. The Morgan fingerprint density at radius 1 is 1.24 bits per heavy atom. The SMILES string of the molecule is CC(N)(CO)CN1CCC(N2CCCCC2)C1. The summed E-state index contributed by atoms with van der Waals surface area (Å²) in [6, 6.07) is 0.727. The lowest BCUT2D eigenvalue weighted by molar-refractivity contribution is 0.139. The van der Waals surface area contributed by atoms with Crippen molar-refractivity contribution in [2.24, 2.45) is 5.73 Å². The standard InChI is InChI=1S/C13H27N3O/c1-13(14,11-17)10-15-8-5-12(9-15)16-6-3-2-4-7-16/h12,17H,2-11,14H2,1H3. The van der Waals surface area contributed by atoms with Crippen molar-refractivity contribution in [2.75, 3.05) is 39.3 Å². The van der Waals surface area contributed by atoms with E-state index < -0.39 is 5.54 Å². The van der Waals surface area contributed by atoms with Gasteiger partial charge in [0, 0.05) is 24.7 Å². The number of aliphatic hydroxyl groups is 1. The van der Waals surface area contributed by atoms with E-state index in [9.17, 15) is 5.11 Å². The van der Waals surface area contributed by atoms with Gasteiger partial charge in [-0.05, 0) is 45.8 Å². The van der Waals surface area contributed by atoms with Gasteiger partial charge in [0.2, 0.25) is 0 Å². The first kappa shape index (κ1) is 13.3. The molecule has 0 amide bonds. The van der Waals surface area contributed by atoms with Crippen LogP contribution in [0.2, 0.25) is 0 Å². The molecule has 2 aliphatic heterocycles. The molecule has 2 atom stereocenters. The third-order valence-corrected chi connectivity index (χ3v) is 4.10. The normalized spacial score (nSPS) is 31.6. The third-order valence-electron chi connectivity index (χ3n) is 4.10. The van der Waals surface area contributed by atoms with Gasteiger partial charge in [-0.2, -0.15) is 0 Å². The van der Waals surface area contributed by atoms with Crippen molar-refractivity contribution in [1.82, 2.24) is 9.80 Å². The minimum Gasteiger partial charge on any atom is -0.394 e. The van der Waals surface area contributed by atoms with Gasteiger partial charge in [-0.3, -0.25) is 9.80 Å². The van der Waals surface area contributed by atoms with Crippen molar-refractivity contribution in [3.63, 3.8) is 0 Å². The summed E-state index contributed by atoms with van der Waals surface area (Å²) in [4.78, 5) is 5.06. The van der Waals surface area contributed by atoms with Crippen LogP contribution in [0.3, 0.4) is 0 Å². The molecule has 0 aromatic rings. The molecule has 3 N–H and O–H groups in total. The van der Waals surface area contributed by atoms with Crippen LogP contribution >= 0.6 is 0 Å². The number of nitrogens with two attached hydrogens (primary N) is 1. The molecular weight excluding hydrogens is 214 g/mol. The Morgan fingerprint density at radius 3 is 2.59 bits per heavy atom. The first-order valence-electron chi connectivity index (χ1n) is 6.97. The van der Waals surface area contributed by atoms with Gasteiger partial charge in [0.05, 0.1) is 6.61 Å².